The van der Waals surface area contributed by atoms with Crippen molar-refractivity contribution in [3.8, 4) is 0 Å². The monoisotopic (exact) mass is 228 g/mol. The minimum Gasteiger partial charge on any atom is -0.319 e. The molecule has 0 saturated carbocycles. The molecule has 0 rings (SSSR count). The Morgan fingerprint density at radius 3 is 2.00 bits per heavy atom. The van der Waals surface area contributed by atoms with Gasteiger partial charge in [0.15, 0.2) is 0 Å². The zero-order chi connectivity index (χ0) is 11.7. The molecule has 88 valence electrons. The first kappa shape index (κ1) is 14.7. The van der Waals surface area contributed by atoms with Gasteiger partial charge in [-0.15, -0.1) is 0 Å². The maximum absolute atomic E-state index is 12.6. The summed E-state index contributed by atoms with van der Waals surface area (Å²) in [6.45, 7) is 9.99. The fourth-order valence-corrected chi connectivity index (χ4v) is 4.55. The lowest BCUT2D eigenvalue weighted by molar-refractivity contribution is 0.576. The number of rotatable bonds is 8. The lowest BCUT2D eigenvalue weighted by Crippen LogP contribution is -1.94. The van der Waals surface area contributed by atoms with Gasteiger partial charge in [0.2, 0.25) is 0 Å². The standard InChI is InChI=1S/C13H25OP/c1-5-8-10-15(14,11-9-6-2)12-13(4)7-3/h7,12H,3,5-6,8-11H2,1-2,4H3. The van der Waals surface area contributed by atoms with E-state index in [-0.39, 0.29) is 0 Å². The number of hydrogen-bond donors (Lipinski definition) is 0. The second kappa shape index (κ2) is 7.93. The quantitative estimate of drug-likeness (QED) is 0.420. The lowest BCUT2D eigenvalue weighted by atomic mass is 10.4. The fourth-order valence-electron chi connectivity index (χ4n) is 1.52. The van der Waals surface area contributed by atoms with E-state index in [0.717, 1.165) is 43.6 Å². The Bertz CT molecular complexity index is 241. The summed E-state index contributed by atoms with van der Waals surface area (Å²) < 4.78 is 12.6. The summed E-state index contributed by atoms with van der Waals surface area (Å²) in [5.74, 6) is 1.98. The molecule has 1 nitrogen and oxygen atoms in total. The summed E-state index contributed by atoms with van der Waals surface area (Å²) in [4.78, 5) is 0. The van der Waals surface area contributed by atoms with Crippen LogP contribution in [0.2, 0.25) is 0 Å². The molecule has 0 aliphatic heterocycles. The first-order chi connectivity index (χ1) is 7.08. The van der Waals surface area contributed by atoms with Crippen molar-refractivity contribution in [2.75, 3.05) is 12.3 Å². The van der Waals surface area contributed by atoms with Crippen LogP contribution >= 0.6 is 7.14 Å². The van der Waals surface area contributed by atoms with Crippen molar-refractivity contribution < 1.29 is 4.57 Å². The first-order valence-corrected chi connectivity index (χ1v) is 8.12. The van der Waals surface area contributed by atoms with Gasteiger partial charge in [0.05, 0.1) is 0 Å². The average molecular weight is 228 g/mol. The molecule has 0 atom stereocenters. The Hall–Kier alpha value is -0.290. The molecule has 0 aliphatic rings. The highest BCUT2D eigenvalue weighted by Gasteiger charge is 2.17. The van der Waals surface area contributed by atoms with Crippen LogP contribution in [-0.2, 0) is 4.57 Å². The largest absolute Gasteiger partial charge is 0.319 e. The van der Waals surface area contributed by atoms with E-state index in [1.165, 1.54) is 0 Å². The molecule has 0 aliphatic carbocycles. The second-order valence-corrected chi connectivity index (χ2v) is 7.24. The molecule has 0 amide bonds. The van der Waals surface area contributed by atoms with Gasteiger partial charge in [-0.1, -0.05) is 39.3 Å². The molecule has 0 spiro atoms. The topological polar surface area (TPSA) is 17.1 Å². The van der Waals surface area contributed by atoms with E-state index < -0.39 is 7.14 Å². The minimum absolute atomic E-state index is 0.870. The molecule has 0 N–H and O–H groups in total. The molecule has 0 saturated heterocycles. The van der Waals surface area contributed by atoms with Gasteiger partial charge in [0.25, 0.3) is 0 Å². The van der Waals surface area contributed by atoms with Crippen molar-refractivity contribution in [3.05, 3.63) is 24.0 Å². The van der Waals surface area contributed by atoms with Crippen LogP contribution in [0.4, 0.5) is 0 Å². The summed E-state index contributed by atoms with van der Waals surface area (Å²) in [7, 11) is -2.06. The molecule has 0 aromatic heterocycles. The highest BCUT2D eigenvalue weighted by molar-refractivity contribution is 7.67. The van der Waals surface area contributed by atoms with Crippen LogP contribution < -0.4 is 0 Å². The predicted molar refractivity (Wildman–Crippen MR) is 71.1 cm³/mol. The van der Waals surface area contributed by atoms with Gasteiger partial charge in [-0.3, -0.25) is 0 Å². The summed E-state index contributed by atoms with van der Waals surface area (Å²) in [6, 6.07) is 0. The van der Waals surface area contributed by atoms with E-state index in [0.29, 0.717) is 0 Å². The zero-order valence-corrected chi connectivity index (χ0v) is 11.4. The second-order valence-electron chi connectivity index (χ2n) is 4.18. The van der Waals surface area contributed by atoms with Crippen LogP contribution in [-0.4, -0.2) is 12.3 Å². The normalized spacial score (nSPS) is 12.9. The van der Waals surface area contributed by atoms with E-state index in [1.807, 2.05) is 12.7 Å². The van der Waals surface area contributed by atoms with Gasteiger partial charge < -0.3 is 4.57 Å². The van der Waals surface area contributed by atoms with Crippen LogP contribution in [0.1, 0.15) is 46.5 Å². The van der Waals surface area contributed by atoms with E-state index in [9.17, 15) is 4.57 Å². The van der Waals surface area contributed by atoms with Crippen molar-refractivity contribution in [1.29, 1.82) is 0 Å². The van der Waals surface area contributed by atoms with Gasteiger partial charge in [-0.25, -0.2) is 0 Å². The molecular formula is C13H25OP. The third-order valence-electron chi connectivity index (χ3n) is 2.54. The summed E-state index contributed by atoms with van der Waals surface area (Å²) in [5, 5.41) is 0. The van der Waals surface area contributed by atoms with E-state index in [4.69, 9.17) is 0 Å². The fraction of sp³-hybridized carbons (Fsp3) is 0.692. The van der Waals surface area contributed by atoms with Gasteiger partial charge in [-0.2, -0.15) is 0 Å². The van der Waals surface area contributed by atoms with Crippen LogP contribution in [0.5, 0.6) is 0 Å². The van der Waals surface area contributed by atoms with Crippen LogP contribution in [0.15, 0.2) is 24.0 Å². The molecule has 0 aromatic carbocycles. The molecule has 0 bridgehead atoms. The average Bonchev–Trinajstić information content (AvgIpc) is 2.23. The van der Waals surface area contributed by atoms with E-state index in [2.05, 4.69) is 20.4 Å². The third kappa shape index (κ3) is 6.73. The maximum atomic E-state index is 12.6. The first-order valence-electron chi connectivity index (χ1n) is 5.97. The van der Waals surface area contributed by atoms with Crippen LogP contribution in [0, 0.1) is 0 Å². The summed E-state index contributed by atoms with van der Waals surface area (Å²) in [6.07, 6.45) is 7.92. The molecule has 0 unspecified atom stereocenters. The van der Waals surface area contributed by atoms with Gasteiger partial charge in [-0.05, 0) is 31.2 Å². The molecule has 2 heteroatoms. The Kier molecular flexibility index (Phi) is 7.78. The molecular weight excluding hydrogens is 203 g/mol. The maximum Gasteiger partial charge on any atom is 0.109 e. The lowest BCUT2D eigenvalue weighted by Gasteiger charge is -2.14. The molecule has 0 aromatic rings. The third-order valence-corrected chi connectivity index (χ3v) is 5.57. The van der Waals surface area contributed by atoms with Crippen molar-refractivity contribution in [2.45, 2.75) is 46.5 Å². The molecule has 0 heterocycles. The molecule has 0 fully saturated rings. The van der Waals surface area contributed by atoms with Crippen molar-refractivity contribution in [3.63, 3.8) is 0 Å². The van der Waals surface area contributed by atoms with Crippen LogP contribution in [0.25, 0.3) is 0 Å². The summed E-state index contributed by atoms with van der Waals surface area (Å²) in [5.41, 5.74) is 1.06. The van der Waals surface area contributed by atoms with E-state index in [1.54, 1.807) is 6.08 Å². The zero-order valence-electron chi connectivity index (χ0n) is 10.5. The summed E-state index contributed by atoms with van der Waals surface area (Å²) >= 11 is 0. The van der Waals surface area contributed by atoms with Crippen molar-refractivity contribution >= 4 is 7.14 Å². The Morgan fingerprint density at radius 2 is 1.67 bits per heavy atom. The highest BCUT2D eigenvalue weighted by Crippen LogP contribution is 2.49. The van der Waals surface area contributed by atoms with Crippen LogP contribution in [0.3, 0.4) is 0 Å². The van der Waals surface area contributed by atoms with Gasteiger partial charge in [0, 0.05) is 12.3 Å². The van der Waals surface area contributed by atoms with Crippen molar-refractivity contribution in [2.24, 2.45) is 0 Å². The number of hydrogen-bond acceptors (Lipinski definition) is 1. The highest BCUT2D eigenvalue weighted by atomic mass is 31.2. The Morgan fingerprint density at radius 1 is 1.20 bits per heavy atom. The molecule has 0 radical (unpaired) electrons. The Labute approximate surface area is 95.0 Å². The smallest absolute Gasteiger partial charge is 0.109 e. The predicted octanol–water partition coefficient (Wildman–Crippen LogP) is 5.04. The van der Waals surface area contributed by atoms with Crippen molar-refractivity contribution in [1.82, 2.24) is 0 Å². The SMILES string of the molecule is C=CC(C)=CP(=O)(CCCC)CCCC. The minimum atomic E-state index is -2.06. The number of allylic oxidation sites excluding steroid dienone is 2. The Balaban J connectivity index is 4.53. The van der Waals surface area contributed by atoms with E-state index >= 15 is 0 Å². The van der Waals surface area contributed by atoms with Gasteiger partial charge >= 0.3 is 0 Å². The molecule has 15 heavy (non-hydrogen) atoms. The van der Waals surface area contributed by atoms with Gasteiger partial charge in [0.1, 0.15) is 7.14 Å². The number of unbranched alkanes of at least 4 members (excludes halogenated alkanes) is 2.